The monoisotopic (exact) mass is 356 g/mol. The molecule has 0 saturated heterocycles. The number of benzene rings is 2. The first-order valence-corrected chi connectivity index (χ1v) is 8.53. The van der Waals surface area contributed by atoms with Gasteiger partial charge >= 0.3 is 0 Å². The average molecular weight is 356 g/mol. The number of carbonyl (C=O) groups excluding carboxylic acids is 1. The first-order valence-electron chi connectivity index (χ1n) is 8.53. The standard InChI is InChI=1S/C20H24N2O4/c1-3-4-13-25-18-7-5-16(6-8-18)14-21-22-20(23)15-26-19-11-9-17(24-2)10-12-19/h5-12,14H,3-4,13,15H2,1-2H3,(H,22,23)/b21-14+. The molecule has 0 radical (unpaired) electrons. The maximum atomic E-state index is 11.7. The van der Waals surface area contributed by atoms with Crippen LogP contribution in [0, 0.1) is 0 Å². The van der Waals surface area contributed by atoms with Crippen molar-refractivity contribution in [1.82, 2.24) is 5.43 Å². The van der Waals surface area contributed by atoms with Gasteiger partial charge in [-0.2, -0.15) is 5.10 Å². The predicted octanol–water partition coefficient (Wildman–Crippen LogP) is 3.40. The van der Waals surface area contributed by atoms with Gasteiger partial charge in [0, 0.05) is 0 Å². The summed E-state index contributed by atoms with van der Waals surface area (Å²) in [6.45, 7) is 2.72. The minimum Gasteiger partial charge on any atom is -0.497 e. The van der Waals surface area contributed by atoms with Crippen LogP contribution in [0.5, 0.6) is 17.2 Å². The summed E-state index contributed by atoms with van der Waals surface area (Å²) < 4.78 is 16.0. The van der Waals surface area contributed by atoms with Gasteiger partial charge in [0.1, 0.15) is 17.2 Å². The van der Waals surface area contributed by atoms with Crippen LogP contribution in [-0.2, 0) is 4.79 Å². The average Bonchev–Trinajstić information content (AvgIpc) is 2.68. The molecular formula is C20H24N2O4. The van der Waals surface area contributed by atoms with Gasteiger partial charge in [-0.3, -0.25) is 4.79 Å². The highest BCUT2D eigenvalue weighted by atomic mass is 16.5. The number of hydrogen-bond donors (Lipinski definition) is 1. The van der Waals surface area contributed by atoms with Crippen molar-refractivity contribution in [1.29, 1.82) is 0 Å². The molecule has 0 aliphatic carbocycles. The number of hydrazone groups is 1. The zero-order chi connectivity index (χ0) is 18.6. The number of ether oxygens (including phenoxy) is 3. The normalized spacial score (nSPS) is 10.5. The number of carbonyl (C=O) groups is 1. The Morgan fingerprint density at radius 3 is 2.27 bits per heavy atom. The number of nitrogens with zero attached hydrogens (tertiary/aromatic N) is 1. The third-order valence-electron chi connectivity index (χ3n) is 3.48. The zero-order valence-electron chi connectivity index (χ0n) is 15.1. The zero-order valence-corrected chi connectivity index (χ0v) is 15.1. The third kappa shape index (κ3) is 6.84. The van der Waals surface area contributed by atoms with E-state index in [-0.39, 0.29) is 12.5 Å². The fourth-order valence-electron chi connectivity index (χ4n) is 2.02. The Hall–Kier alpha value is -3.02. The van der Waals surface area contributed by atoms with Crippen molar-refractivity contribution in [3.8, 4) is 17.2 Å². The van der Waals surface area contributed by atoms with Gasteiger partial charge in [0.15, 0.2) is 6.61 Å². The Morgan fingerprint density at radius 1 is 1.00 bits per heavy atom. The van der Waals surface area contributed by atoms with E-state index in [0.29, 0.717) is 12.4 Å². The molecule has 0 spiro atoms. The molecule has 26 heavy (non-hydrogen) atoms. The number of nitrogens with one attached hydrogen (secondary N) is 1. The highest BCUT2D eigenvalue weighted by molar-refractivity contribution is 5.83. The second kappa shape index (κ2) is 10.8. The van der Waals surface area contributed by atoms with Crippen LogP contribution < -0.4 is 19.6 Å². The van der Waals surface area contributed by atoms with Crippen LogP contribution in [0.1, 0.15) is 25.3 Å². The van der Waals surface area contributed by atoms with Gasteiger partial charge in [-0.15, -0.1) is 0 Å². The number of unbranched alkanes of at least 4 members (excludes halogenated alkanes) is 1. The maximum absolute atomic E-state index is 11.7. The highest BCUT2D eigenvalue weighted by Gasteiger charge is 2.01. The molecule has 2 aromatic rings. The molecule has 6 heteroatoms. The van der Waals surface area contributed by atoms with E-state index in [0.717, 1.165) is 29.9 Å². The van der Waals surface area contributed by atoms with E-state index in [9.17, 15) is 4.79 Å². The molecule has 0 unspecified atom stereocenters. The summed E-state index contributed by atoms with van der Waals surface area (Å²) >= 11 is 0. The van der Waals surface area contributed by atoms with Crippen LogP contribution >= 0.6 is 0 Å². The van der Waals surface area contributed by atoms with Crippen molar-refractivity contribution < 1.29 is 19.0 Å². The third-order valence-corrected chi connectivity index (χ3v) is 3.48. The second-order valence-corrected chi connectivity index (χ2v) is 5.53. The fourth-order valence-corrected chi connectivity index (χ4v) is 2.02. The van der Waals surface area contributed by atoms with E-state index in [1.54, 1.807) is 37.6 Å². The van der Waals surface area contributed by atoms with Gasteiger partial charge in [0.25, 0.3) is 5.91 Å². The molecule has 0 atom stereocenters. The second-order valence-electron chi connectivity index (χ2n) is 5.53. The van der Waals surface area contributed by atoms with Crippen LogP contribution in [0.3, 0.4) is 0 Å². The topological polar surface area (TPSA) is 69.2 Å². The molecule has 0 heterocycles. The first-order chi connectivity index (χ1) is 12.7. The highest BCUT2D eigenvalue weighted by Crippen LogP contribution is 2.16. The summed E-state index contributed by atoms with van der Waals surface area (Å²) in [7, 11) is 1.59. The lowest BCUT2D eigenvalue weighted by Gasteiger charge is -2.06. The SMILES string of the molecule is CCCCOc1ccc(/C=N/NC(=O)COc2ccc(OC)cc2)cc1. The van der Waals surface area contributed by atoms with Crippen LogP contribution in [0.15, 0.2) is 53.6 Å². The lowest BCUT2D eigenvalue weighted by Crippen LogP contribution is -2.24. The van der Waals surface area contributed by atoms with Gasteiger partial charge in [0.05, 0.1) is 19.9 Å². The van der Waals surface area contributed by atoms with E-state index in [4.69, 9.17) is 14.2 Å². The van der Waals surface area contributed by atoms with Crippen molar-refractivity contribution >= 4 is 12.1 Å². The molecule has 0 fully saturated rings. The summed E-state index contributed by atoms with van der Waals surface area (Å²) in [5.74, 6) is 1.81. The molecular weight excluding hydrogens is 332 g/mol. The number of methoxy groups -OCH3 is 1. The molecule has 138 valence electrons. The first kappa shape index (κ1) is 19.3. The number of amides is 1. The molecule has 1 amide bonds. The number of hydrogen-bond acceptors (Lipinski definition) is 5. The largest absolute Gasteiger partial charge is 0.497 e. The summed E-state index contributed by atoms with van der Waals surface area (Å²) in [5.41, 5.74) is 3.30. The molecule has 0 aliphatic heterocycles. The van der Waals surface area contributed by atoms with Gasteiger partial charge < -0.3 is 14.2 Å². The minimum absolute atomic E-state index is 0.117. The molecule has 0 saturated carbocycles. The molecule has 0 aromatic heterocycles. The molecule has 0 aliphatic rings. The van der Waals surface area contributed by atoms with Crippen LogP contribution in [-0.4, -0.2) is 32.4 Å². The van der Waals surface area contributed by atoms with Crippen LogP contribution in [0.2, 0.25) is 0 Å². The van der Waals surface area contributed by atoms with E-state index >= 15 is 0 Å². The van der Waals surface area contributed by atoms with E-state index < -0.39 is 0 Å². The van der Waals surface area contributed by atoms with Crippen molar-refractivity contribution in [2.24, 2.45) is 5.10 Å². The Kier molecular flexibility index (Phi) is 7.99. The quantitative estimate of drug-likeness (QED) is 0.402. The minimum atomic E-state index is -0.336. The fraction of sp³-hybridized carbons (Fsp3) is 0.300. The van der Waals surface area contributed by atoms with Crippen molar-refractivity contribution in [3.63, 3.8) is 0 Å². The lowest BCUT2D eigenvalue weighted by atomic mass is 10.2. The van der Waals surface area contributed by atoms with Gasteiger partial charge in [-0.25, -0.2) is 5.43 Å². The Bertz CT molecular complexity index is 697. The molecule has 1 N–H and O–H groups in total. The van der Waals surface area contributed by atoms with Gasteiger partial charge in [0.2, 0.25) is 0 Å². The summed E-state index contributed by atoms with van der Waals surface area (Å²) in [6, 6.07) is 14.5. The van der Waals surface area contributed by atoms with E-state index in [2.05, 4.69) is 17.5 Å². The summed E-state index contributed by atoms with van der Waals surface area (Å²) in [4.78, 5) is 11.7. The van der Waals surface area contributed by atoms with E-state index in [1.165, 1.54) is 0 Å². The van der Waals surface area contributed by atoms with Crippen LogP contribution in [0.25, 0.3) is 0 Å². The van der Waals surface area contributed by atoms with Gasteiger partial charge in [-0.05, 0) is 60.5 Å². The summed E-state index contributed by atoms with van der Waals surface area (Å²) in [6.07, 6.45) is 3.71. The number of rotatable bonds is 10. The molecule has 6 nitrogen and oxygen atoms in total. The van der Waals surface area contributed by atoms with Crippen molar-refractivity contribution in [2.45, 2.75) is 19.8 Å². The lowest BCUT2D eigenvalue weighted by molar-refractivity contribution is -0.123. The van der Waals surface area contributed by atoms with Crippen molar-refractivity contribution in [2.75, 3.05) is 20.3 Å². The Labute approximate surface area is 153 Å². The molecule has 0 bridgehead atoms. The van der Waals surface area contributed by atoms with Crippen LogP contribution in [0.4, 0.5) is 0 Å². The van der Waals surface area contributed by atoms with E-state index in [1.807, 2.05) is 24.3 Å². The Morgan fingerprint density at radius 2 is 1.62 bits per heavy atom. The smallest absolute Gasteiger partial charge is 0.277 e. The Balaban J connectivity index is 1.72. The molecule has 2 aromatic carbocycles. The predicted molar refractivity (Wildman–Crippen MR) is 101 cm³/mol. The van der Waals surface area contributed by atoms with Gasteiger partial charge in [-0.1, -0.05) is 13.3 Å². The maximum Gasteiger partial charge on any atom is 0.277 e. The van der Waals surface area contributed by atoms with Crippen molar-refractivity contribution in [3.05, 3.63) is 54.1 Å². The summed E-state index contributed by atoms with van der Waals surface area (Å²) in [5, 5.41) is 3.92. The molecule has 2 rings (SSSR count).